The number of aromatic nitrogens is 2. The van der Waals surface area contributed by atoms with Crippen LogP contribution < -0.4 is 5.32 Å². The van der Waals surface area contributed by atoms with Crippen LogP contribution in [0.4, 0.5) is 4.39 Å². The fraction of sp³-hybridized carbons (Fsp3) is 0.357. The van der Waals surface area contributed by atoms with Crippen LogP contribution in [0.2, 0.25) is 0 Å². The van der Waals surface area contributed by atoms with Crippen molar-refractivity contribution in [3.8, 4) is 0 Å². The minimum absolute atomic E-state index is 0.236. The summed E-state index contributed by atoms with van der Waals surface area (Å²) in [5.74, 6) is -0.236. The highest BCUT2D eigenvalue weighted by Gasteiger charge is 2.08. The minimum Gasteiger partial charge on any atom is -0.313 e. The van der Waals surface area contributed by atoms with E-state index in [0.717, 1.165) is 28.8 Å². The maximum Gasteiger partial charge on any atom is 0.124 e. The fourth-order valence-electron chi connectivity index (χ4n) is 1.89. The van der Waals surface area contributed by atoms with E-state index in [4.69, 9.17) is 0 Å². The molecule has 102 valence electrons. The van der Waals surface area contributed by atoms with Crippen LogP contribution >= 0.6 is 15.9 Å². The topological polar surface area (TPSA) is 29.9 Å². The Labute approximate surface area is 121 Å². The molecule has 0 aliphatic carbocycles. The summed E-state index contributed by atoms with van der Waals surface area (Å²) in [5, 5.41) is 7.68. The fourth-order valence-corrected chi connectivity index (χ4v) is 2.37. The van der Waals surface area contributed by atoms with Gasteiger partial charge < -0.3 is 5.32 Å². The molecule has 19 heavy (non-hydrogen) atoms. The number of nitrogens with zero attached hydrogens (tertiary/aromatic N) is 2. The third-order valence-electron chi connectivity index (χ3n) is 3.11. The summed E-state index contributed by atoms with van der Waals surface area (Å²) >= 11 is 3.38. The van der Waals surface area contributed by atoms with Crippen molar-refractivity contribution in [1.82, 2.24) is 15.1 Å². The van der Waals surface area contributed by atoms with E-state index in [0.29, 0.717) is 6.54 Å². The lowest BCUT2D eigenvalue weighted by Crippen LogP contribution is -2.12. The SMILES string of the molecule is CCNCc1cnn(Cc2ccc(F)cc2Br)c1C. The molecule has 0 bridgehead atoms. The van der Waals surface area contributed by atoms with Crippen molar-refractivity contribution in [2.75, 3.05) is 6.54 Å². The van der Waals surface area contributed by atoms with Crippen LogP contribution in [-0.4, -0.2) is 16.3 Å². The van der Waals surface area contributed by atoms with Gasteiger partial charge in [0.2, 0.25) is 0 Å². The predicted molar refractivity (Wildman–Crippen MR) is 77.5 cm³/mol. The quantitative estimate of drug-likeness (QED) is 0.914. The Morgan fingerprint density at radius 2 is 2.16 bits per heavy atom. The van der Waals surface area contributed by atoms with Crippen molar-refractivity contribution < 1.29 is 4.39 Å². The van der Waals surface area contributed by atoms with Crippen LogP contribution in [0.1, 0.15) is 23.7 Å². The van der Waals surface area contributed by atoms with Gasteiger partial charge in [-0.1, -0.05) is 28.9 Å². The molecule has 0 saturated carbocycles. The highest BCUT2D eigenvalue weighted by Crippen LogP contribution is 2.20. The lowest BCUT2D eigenvalue weighted by Gasteiger charge is -2.08. The summed E-state index contributed by atoms with van der Waals surface area (Å²) in [6, 6.07) is 4.73. The Hall–Kier alpha value is -1.20. The Morgan fingerprint density at radius 1 is 1.37 bits per heavy atom. The molecule has 5 heteroatoms. The maximum atomic E-state index is 13.0. The van der Waals surface area contributed by atoms with E-state index in [2.05, 4.69) is 40.2 Å². The van der Waals surface area contributed by atoms with E-state index < -0.39 is 0 Å². The van der Waals surface area contributed by atoms with Crippen LogP contribution in [0, 0.1) is 12.7 Å². The first kappa shape index (κ1) is 14.2. The molecule has 1 aromatic carbocycles. The molecule has 1 heterocycles. The first-order valence-corrected chi connectivity index (χ1v) is 7.07. The molecule has 1 N–H and O–H groups in total. The van der Waals surface area contributed by atoms with Gasteiger partial charge >= 0.3 is 0 Å². The molecule has 0 unspecified atom stereocenters. The highest BCUT2D eigenvalue weighted by atomic mass is 79.9. The van der Waals surface area contributed by atoms with E-state index in [1.807, 2.05) is 10.9 Å². The minimum atomic E-state index is -0.236. The van der Waals surface area contributed by atoms with E-state index in [1.54, 1.807) is 6.07 Å². The van der Waals surface area contributed by atoms with Gasteiger partial charge in [0.05, 0.1) is 12.7 Å². The molecule has 0 radical (unpaired) electrons. The van der Waals surface area contributed by atoms with Crippen molar-refractivity contribution >= 4 is 15.9 Å². The Kier molecular flexibility index (Phi) is 4.71. The molecular formula is C14H17BrFN3. The molecule has 0 saturated heterocycles. The maximum absolute atomic E-state index is 13.0. The van der Waals surface area contributed by atoms with E-state index in [-0.39, 0.29) is 5.82 Å². The molecule has 2 rings (SSSR count). The summed E-state index contributed by atoms with van der Waals surface area (Å²) in [6.07, 6.45) is 1.88. The van der Waals surface area contributed by atoms with E-state index in [9.17, 15) is 4.39 Å². The monoisotopic (exact) mass is 325 g/mol. The Balaban J connectivity index is 2.17. The Morgan fingerprint density at radius 3 is 2.84 bits per heavy atom. The van der Waals surface area contributed by atoms with Gasteiger partial charge in [0.1, 0.15) is 5.82 Å². The van der Waals surface area contributed by atoms with Crippen LogP contribution in [0.5, 0.6) is 0 Å². The van der Waals surface area contributed by atoms with Crippen molar-refractivity contribution in [2.24, 2.45) is 0 Å². The largest absolute Gasteiger partial charge is 0.313 e. The average molecular weight is 326 g/mol. The number of hydrogen-bond acceptors (Lipinski definition) is 2. The van der Waals surface area contributed by atoms with Gasteiger partial charge in [-0.05, 0) is 31.2 Å². The number of hydrogen-bond donors (Lipinski definition) is 1. The molecule has 2 aromatic rings. The highest BCUT2D eigenvalue weighted by molar-refractivity contribution is 9.10. The Bertz CT molecular complexity index is 566. The zero-order chi connectivity index (χ0) is 13.8. The number of halogens is 2. The summed E-state index contributed by atoms with van der Waals surface area (Å²) in [7, 11) is 0. The summed E-state index contributed by atoms with van der Waals surface area (Å²) in [4.78, 5) is 0. The average Bonchev–Trinajstić information content (AvgIpc) is 2.72. The number of benzene rings is 1. The van der Waals surface area contributed by atoms with Gasteiger partial charge in [-0.25, -0.2) is 4.39 Å². The standard InChI is InChI=1S/C14H17BrFN3/c1-3-17-7-12-8-18-19(10(12)2)9-11-4-5-13(16)6-14(11)15/h4-6,8,17H,3,7,9H2,1-2H3. The molecule has 0 aliphatic heterocycles. The second kappa shape index (κ2) is 6.30. The molecule has 0 fully saturated rings. The predicted octanol–water partition coefficient (Wildman–Crippen LogP) is 3.25. The van der Waals surface area contributed by atoms with Gasteiger partial charge in [0.15, 0.2) is 0 Å². The summed E-state index contributed by atoms with van der Waals surface area (Å²) in [5.41, 5.74) is 3.35. The number of nitrogens with one attached hydrogen (secondary N) is 1. The van der Waals surface area contributed by atoms with E-state index >= 15 is 0 Å². The summed E-state index contributed by atoms with van der Waals surface area (Å²) < 4.78 is 15.8. The van der Waals surface area contributed by atoms with Gasteiger partial charge in [-0.3, -0.25) is 4.68 Å². The lowest BCUT2D eigenvalue weighted by atomic mass is 10.2. The van der Waals surface area contributed by atoms with Gasteiger partial charge in [0.25, 0.3) is 0 Å². The summed E-state index contributed by atoms with van der Waals surface area (Å²) in [6.45, 7) is 6.53. The first-order valence-electron chi connectivity index (χ1n) is 6.27. The zero-order valence-electron chi connectivity index (χ0n) is 11.1. The molecule has 3 nitrogen and oxygen atoms in total. The smallest absolute Gasteiger partial charge is 0.124 e. The number of rotatable bonds is 5. The van der Waals surface area contributed by atoms with Gasteiger partial charge in [-0.15, -0.1) is 0 Å². The van der Waals surface area contributed by atoms with Crippen molar-refractivity contribution in [3.05, 3.63) is 51.5 Å². The first-order chi connectivity index (χ1) is 9.11. The molecule has 0 spiro atoms. The van der Waals surface area contributed by atoms with Crippen LogP contribution in [0.3, 0.4) is 0 Å². The van der Waals surface area contributed by atoms with Crippen LogP contribution in [0.25, 0.3) is 0 Å². The van der Waals surface area contributed by atoms with E-state index in [1.165, 1.54) is 17.7 Å². The second-order valence-corrected chi connectivity index (χ2v) is 5.28. The second-order valence-electron chi connectivity index (χ2n) is 4.43. The molecule has 0 aliphatic rings. The van der Waals surface area contributed by atoms with Crippen molar-refractivity contribution in [2.45, 2.75) is 26.9 Å². The molecular weight excluding hydrogens is 309 g/mol. The van der Waals surface area contributed by atoms with Crippen molar-refractivity contribution in [3.63, 3.8) is 0 Å². The zero-order valence-corrected chi connectivity index (χ0v) is 12.7. The van der Waals surface area contributed by atoms with Crippen LogP contribution in [-0.2, 0) is 13.1 Å². The normalized spacial score (nSPS) is 10.9. The third-order valence-corrected chi connectivity index (χ3v) is 3.84. The molecule has 1 aromatic heterocycles. The molecule has 0 amide bonds. The van der Waals surface area contributed by atoms with Crippen molar-refractivity contribution in [1.29, 1.82) is 0 Å². The molecule has 0 atom stereocenters. The van der Waals surface area contributed by atoms with Gasteiger partial charge in [0, 0.05) is 22.3 Å². The third kappa shape index (κ3) is 3.42. The van der Waals surface area contributed by atoms with Crippen LogP contribution in [0.15, 0.2) is 28.9 Å². The lowest BCUT2D eigenvalue weighted by molar-refractivity contribution is 0.621. The van der Waals surface area contributed by atoms with Gasteiger partial charge in [-0.2, -0.15) is 5.10 Å².